The van der Waals surface area contributed by atoms with Gasteiger partial charge in [-0.2, -0.15) is 0 Å². The second-order valence-corrected chi connectivity index (χ2v) is 5.59. The van der Waals surface area contributed by atoms with Gasteiger partial charge in [-0.15, -0.1) is 0 Å². The van der Waals surface area contributed by atoms with Crippen LogP contribution in [0.25, 0.3) is 0 Å². The summed E-state index contributed by atoms with van der Waals surface area (Å²) < 4.78 is 0. The molecule has 0 fully saturated rings. The zero-order valence-corrected chi connectivity index (χ0v) is 13.6. The van der Waals surface area contributed by atoms with Crippen LogP contribution >= 0.6 is 0 Å². The maximum atomic E-state index is 12.8. The first kappa shape index (κ1) is 19.0. The van der Waals surface area contributed by atoms with Crippen LogP contribution < -0.4 is 0 Å². The number of nitrogens with zero attached hydrogens (tertiary/aromatic N) is 4. The number of ketones is 2. The lowest BCUT2D eigenvalue weighted by atomic mass is 9.81. The van der Waals surface area contributed by atoms with Crippen LogP contribution in [0.4, 0.5) is 22.7 Å². The van der Waals surface area contributed by atoms with E-state index in [1.54, 1.807) is 0 Å². The minimum absolute atomic E-state index is 0.238. The van der Waals surface area contributed by atoms with Crippen molar-refractivity contribution in [2.45, 2.75) is 0 Å². The highest BCUT2D eigenvalue weighted by Crippen LogP contribution is 2.45. The number of hydrogen-bond acceptors (Lipinski definition) is 11. The molecule has 15 nitrogen and oxygen atoms in total. The van der Waals surface area contributed by atoms with Crippen LogP contribution in [0, 0.1) is 40.5 Å². The molecule has 0 radical (unpaired) electrons. The topological polar surface area (TPSA) is 227 Å². The minimum atomic E-state index is -1.46. The number of nitro groups is 4. The SMILES string of the molecule is O=C1c2c(cc([N+](=O)[O-])cc2[N+](=O)[O-])C(=O)c2c(O)c([N+](=O)[O-])cc([N+](=O)[O-])c21. The van der Waals surface area contributed by atoms with Gasteiger partial charge in [0.2, 0.25) is 11.5 Å². The Morgan fingerprint density at radius 2 is 1.14 bits per heavy atom. The molecule has 0 bridgehead atoms. The fraction of sp³-hybridized carbons (Fsp3) is 0. The summed E-state index contributed by atoms with van der Waals surface area (Å²) in [6.45, 7) is 0. The lowest BCUT2D eigenvalue weighted by Gasteiger charge is -2.18. The van der Waals surface area contributed by atoms with Crippen LogP contribution in [0.15, 0.2) is 18.2 Å². The summed E-state index contributed by atoms with van der Waals surface area (Å²) in [5, 5.41) is 54.7. The van der Waals surface area contributed by atoms with Gasteiger partial charge in [0.1, 0.15) is 11.1 Å². The molecule has 3 rings (SSSR count). The van der Waals surface area contributed by atoms with Gasteiger partial charge in [0.25, 0.3) is 17.1 Å². The molecule has 15 heteroatoms. The van der Waals surface area contributed by atoms with Crippen LogP contribution in [-0.2, 0) is 0 Å². The van der Waals surface area contributed by atoms with E-state index in [4.69, 9.17) is 0 Å². The largest absolute Gasteiger partial charge is 0.502 e. The molecule has 0 aromatic heterocycles. The monoisotopic (exact) mass is 404 g/mol. The van der Waals surface area contributed by atoms with Gasteiger partial charge in [0.15, 0.2) is 5.78 Å². The number of nitro benzene ring substituents is 4. The predicted molar refractivity (Wildman–Crippen MR) is 88.0 cm³/mol. The van der Waals surface area contributed by atoms with Gasteiger partial charge < -0.3 is 5.11 Å². The number of carbonyl (C=O) groups is 2. The first-order chi connectivity index (χ1) is 13.5. The molecule has 146 valence electrons. The van der Waals surface area contributed by atoms with Gasteiger partial charge in [0.05, 0.1) is 37.4 Å². The van der Waals surface area contributed by atoms with E-state index in [1.807, 2.05) is 0 Å². The van der Waals surface area contributed by atoms with Crippen LogP contribution in [-0.4, -0.2) is 36.4 Å². The van der Waals surface area contributed by atoms with Gasteiger partial charge in [-0.1, -0.05) is 0 Å². The van der Waals surface area contributed by atoms with E-state index in [-0.39, 0.29) is 6.07 Å². The van der Waals surface area contributed by atoms with E-state index in [1.165, 1.54) is 0 Å². The van der Waals surface area contributed by atoms with E-state index in [0.717, 1.165) is 0 Å². The first-order valence-electron chi connectivity index (χ1n) is 7.22. The molecule has 0 atom stereocenters. The summed E-state index contributed by atoms with van der Waals surface area (Å²) in [5.41, 5.74) is -8.69. The number of rotatable bonds is 4. The zero-order valence-electron chi connectivity index (χ0n) is 13.6. The maximum absolute atomic E-state index is 12.8. The quantitative estimate of drug-likeness (QED) is 0.486. The lowest BCUT2D eigenvalue weighted by molar-refractivity contribution is -0.395. The molecule has 2 aromatic rings. The number of phenols is 1. The highest BCUT2D eigenvalue weighted by Gasteiger charge is 2.45. The average molecular weight is 404 g/mol. The number of benzene rings is 2. The smallest absolute Gasteiger partial charge is 0.318 e. The Balaban J connectivity index is 2.51. The highest BCUT2D eigenvalue weighted by molar-refractivity contribution is 6.32. The molecule has 0 amide bonds. The van der Waals surface area contributed by atoms with Gasteiger partial charge >= 0.3 is 5.69 Å². The Labute approximate surface area is 156 Å². The molecular weight excluding hydrogens is 400 g/mol. The summed E-state index contributed by atoms with van der Waals surface area (Å²) in [6, 6.07) is 1.14. The first-order valence-corrected chi connectivity index (χ1v) is 7.22. The molecule has 1 aliphatic rings. The van der Waals surface area contributed by atoms with Crippen LogP contribution in [0.2, 0.25) is 0 Å². The third kappa shape index (κ3) is 2.60. The maximum Gasteiger partial charge on any atom is 0.318 e. The zero-order chi connectivity index (χ0) is 21.8. The average Bonchev–Trinajstić information content (AvgIpc) is 2.63. The van der Waals surface area contributed by atoms with E-state index in [2.05, 4.69) is 0 Å². The second-order valence-electron chi connectivity index (χ2n) is 5.59. The van der Waals surface area contributed by atoms with Crippen molar-refractivity contribution in [2.75, 3.05) is 0 Å². The Hall–Kier alpha value is -4.82. The van der Waals surface area contributed by atoms with Crippen molar-refractivity contribution in [1.82, 2.24) is 0 Å². The third-order valence-corrected chi connectivity index (χ3v) is 4.09. The van der Waals surface area contributed by atoms with E-state index in [9.17, 15) is 55.2 Å². The van der Waals surface area contributed by atoms with Crippen molar-refractivity contribution in [2.24, 2.45) is 0 Å². The predicted octanol–water partition coefficient (Wildman–Crippen LogP) is 1.80. The summed E-state index contributed by atoms with van der Waals surface area (Å²) in [7, 11) is 0. The number of carbonyl (C=O) groups excluding carboxylic acids is 2. The van der Waals surface area contributed by atoms with Crippen molar-refractivity contribution < 1.29 is 34.4 Å². The lowest BCUT2D eigenvalue weighted by Crippen LogP contribution is -2.24. The molecule has 0 spiro atoms. The number of aromatic hydroxyl groups is 1. The van der Waals surface area contributed by atoms with E-state index < -0.39 is 82.0 Å². The van der Waals surface area contributed by atoms with Crippen molar-refractivity contribution >= 4 is 34.3 Å². The van der Waals surface area contributed by atoms with Crippen molar-refractivity contribution in [3.05, 3.63) is 80.9 Å². The van der Waals surface area contributed by atoms with Crippen molar-refractivity contribution in [3.63, 3.8) is 0 Å². The molecule has 0 unspecified atom stereocenters. The van der Waals surface area contributed by atoms with Crippen molar-refractivity contribution in [3.8, 4) is 5.75 Å². The molecule has 0 heterocycles. The summed E-state index contributed by atoms with van der Waals surface area (Å²) in [6.07, 6.45) is 0. The third-order valence-electron chi connectivity index (χ3n) is 4.09. The summed E-state index contributed by atoms with van der Waals surface area (Å²) in [4.78, 5) is 65.5. The number of non-ortho nitro benzene ring substituents is 1. The molecular formula is C14H4N4O11. The molecule has 0 saturated carbocycles. The van der Waals surface area contributed by atoms with Gasteiger partial charge in [-0.05, 0) is 0 Å². The minimum Gasteiger partial charge on any atom is -0.502 e. The molecule has 0 aliphatic heterocycles. The van der Waals surface area contributed by atoms with Gasteiger partial charge in [-0.25, -0.2) is 0 Å². The van der Waals surface area contributed by atoms with E-state index in [0.29, 0.717) is 12.1 Å². The van der Waals surface area contributed by atoms with Gasteiger partial charge in [0, 0.05) is 11.6 Å². The summed E-state index contributed by atoms with van der Waals surface area (Å²) in [5.74, 6) is -4.30. The number of hydrogen-bond donors (Lipinski definition) is 1. The fourth-order valence-electron chi connectivity index (χ4n) is 2.92. The molecule has 1 aliphatic carbocycles. The fourth-order valence-corrected chi connectivity index (χ4v) is 2.92. The Kier molecular flexibility index (Phi) is 4.00. The van der Waals surface area contributed by atoms with Gasteiger partial charge in [-0.3, -0.25) is 50.0 Å². The Morgan fingerprint density at radius 1 is 0.621 bits per heavy atom. The second kappa shape index (κ2) is 6.12. The van der Waals surface area contributed by atoms with Crippen molar-refractivity contribution in [1.29, 1.82) is 0 Å². The normalized spacial score (nSPS) is 12.1. The Bertz CT molecular complexity index is 1220. The number of phenolic OH excluding ortho intramolecular Hbond substituents is 1. The standard InChI is InChI=1S/C14H4N4O11/c19-12-5-1-4(15(22)23)2-6(16(24)25)9(5)14(21)10-7(17(26)27)3-8(18(28)29)13(20)11(10)12/h1-3,20H. The van der Waals surface area contributed by atoms with Crippen LogP contribution in [0.3, 0.4) is 0 Å². The Morgan fingerprint density at radius 3 is 1.62 bits per heavy atom. The van der Waals surface area contributed by atoms with E-state index >= 15 is 0 Å². The number of fused-ring (bicyclic) bond motifs is 2. The summed E-state index contributed by atoms with van der Waals surface area (Å²) >= 11 is 0. The highest BCUT2D eigenvalue weighted by atomic mass is 16.6. The molecule has 1 N–H and O–H groups in total. The molecule has 29 heavy (non-hydrogen) atoms. The van der Waals surface area contributed by atoms with Crippen LogP contribution in [0.5, 0.6) is 5.75 Å². The molecule has 0 saturated heterocycles. The molecule has 2 aromatic carbocycles. The van der Waals surface area contributed by atoms with Crippen LogP contribution in [0.1, 0.15) is 31.8 Å².